The molecule has 7 heteroatoms. The Labute approximate surface area is 213 Å². The highest BCUT2D eigenvalue weighted by atomic mass is 32.2. The molecule has 6 rings (SSSR count). The van der Waals surface area contributed by atoms with Crippen molar-refractivity contribution in [2.24, 2.45) is 5.92 Å². The fraction of sp³-hybridized carbons (Fsp3) is 0.310. The van der Waals surface area contributed by atoms with Crippen LogP contribution in [0, 0.1) is 19.8 Å². The van der Waals surface area contributed by atoms with Crippen molar-refractivity contribution in [1.29, 1.82) is 0 Å². The molecule has 1 amide bonds. The van der Waals surface area contributed by atoms with E-state index in [-0.39, 0.29) is 11.8 Å². The summed E-state index contributed by atoms with van der Waals surface area (Å²) in [6, 6.07) is 20.0. The largest absolute Gasteiger partial charge is 0.325 e. The lowest BCUT2D eigenvalue weighted by molar-refractivity contribution is -0.118. The Morgan fingerprint density at radius 1 is 1.06 bits per heavy atom. The predicted molar refractivity (Wildman–Crippen MR) is 143 cm³/mol. The van der Waals surface area contributed by atoms with Crippen LogP contribution in [0.1, 0.15) is 54.1 Å². The van der Waals surface area contributed by atoms with E-state index in [1.165, 1.54) is 29.5 Å². The van der Waals surface area contributed by atoms with Crippen molar-refractivity contribution in [1.82, 2.24) is 9.55 Å². The molecule has 2 heterocycles. The number of hydrogen-bond donors (Lipinski definition) is 1. The summed E-state index contributed by atoms with van der Waals surface area (Å²) in [6.07, 6.45) is 4.00. The molecule has 0 radical (unpaired) electrons. The molecule has 2 fully saturated rings. The summed E-state index contributed by atoms with van der Waals surface area (Å²) >= 11 is -2.42. The highest BCUT2D eigenvalue weighted by Crippen LogP contribution is 2.43. The molecule has 0 aliphatic heterocycles. The second-order valence-corrected chi connectivity index (χ2v) is 10.9. The molecule has 2 aliphatic rings. The number of para-hydroxylation sites is 1. The van der Waals surface area contributed by atoms with Crippen LogP contribution in [-0.4, -0.2) is 24.2 Å². The Bertz CT molecular complexity index is 1500. The number of aryl methyl sites for hydroxylation is 2. The van der Waals surface area contributed by atoms with Gasteiger partial charge in [-0.05, 0) is 80.3 Å². The zero-order valence-electron chi connectivity index (χ0n) is 20.5. The van der Waals surface area contributed by atoms with Crippen LogP contribution in [0.15, 0.2) is 60.7 Å². The van der Waals surface area contributed by atoms with Gasteiger partial charge in [0.15, 0.2) is 0 Å². The standard InChI is InChI=1S/C29H29N3O3S/c1-18-15-19(2)30-28-25(18)16-27(22-11-12-22)31(28)17-20-7-9-21(10-8-20)24-5-3-4-6-26(24)32(36(34)35)29(33)23-13-14-23/h3-10,15-16,22-23H,11-14,17H2,1-2H3,(H,34,35). The minimum Gasteiger partial charge on any atom is -0.325 e. The van der Waals surface area contributed by atoms with E-state index in [0.717, 1.165) is 51.7 Å². The number of anilines is 1. The number of benzene rings is 2. The van der Waals surface area contributed by atoms with Crippen LogP contribution in [0.25, 0.3) is 22.2 Å². The normalized spacial score (nSPS) is 16.3. The van der Waals surface area contributed by atoms with Gasteiger partial charge in [0, 0.05) is 34.8 Å². The molecular formula is C29H29N3O3S. The first-order valence-electron chi connectivity index (χ1n) is 12.5. The fourth-order valence-electron chi connectivity index (χ4n) is 5.09. The van der Waals surface area contributed by atoms with Gasteiger partial charge in [0.2, 0.25) is 5.91 Å². The van der Waals surface area contributed by atoms with Crippen molar-refractivity contribution in [3.63, 3.8) is 0 Å². The monoisotopic (exact) mass is 499 g/mol. The van der Waals surface area contributed by atoms with Crippen molar-refractivity contribution in [3.05, 3.63) is 83.2 Å². The third-order valence-electron chi connectivity index (χ3n) is 7.24. The lowest BCUT2D eigenvalue weighted by Crippen LogP contribution is -2.34. The number of amides is 1. The lowest BCUT2D eigenvalue weighted by atomic mass is 10.0. The highest BCUT2D eigenvalue weighted by molar-refractivity contribution is 7.81. The van der Waals surface area contributed by atoms with Gasteiger partial charge in [-0.3, -0.25) is 9.35 Å². The predicted octanol–water partition coefficient (Wildman–Crippen LogP) is 6.13. The second kappa shape index (κ2) is 8.98. The first-order chi connectivity index (χ1) is 17.4. The molecule has 0 saturated heterocycles. The van der Waals surface area contributed by atoms with Crippen LogP contribution in [0.4, 0.5) is 5.69 Å². The Morgan fingerprint density at radius 2 is 1.78 bits per heavy atom. The molecule has 1 N–H and O–H groups in total. The summed E-state index contributed by atoms with van der Waals surface area (Å²) in [5, 5.41) is 1.23. The van der Waals surface area contributed by atoms with Crippen LogP contribution < -0.4 is 4.31 Å². The van der Waals surface area contributed by atoms with Crippen molar-refractivity contribution in [2.45, 2.75) is 52.0 Å². The first kappa shape index (κ1) is 23.1. The van der Waals surface area contributed by atoms with E-state index in [0.29, 0.717) is 11.6 Å². The van der Waals surface area contributed by atoms with E-state index < -0.39 is 11.3 Å². The number of nitrogens with zero attached hydrogens (tertiary/aromatic N) is 3. The number of carbonyl (C=O) groups excluding carboxylic acids is 1. The van der Waals surface area contributed by atoms with Crippen LogP contribution in [-0.2, 0) is 22.6 Å². The van der Waals surface area contributed by atoms with Crippen molar-refractivity contribution in [3.8, 4) is 11.1 Å². The summed E-state index contributed by atoms with van der Waals surface area (Å²) in [5.74, 6) is 0.166. The first-order valence-corrected chi connectivity index (χ1v) is 13.6. The van der Waals surface area contributed by atoms with E-state index in [9.17, 15) is 13.6 Å². The molecule has 0 bridgehead atoms. The van der Waals surface area contributed by atoms with Gasteiger partial charge < -0.3 is 4.57 Å². The molecule has 2 aromatic heterocycles. The zero-order valence-corrected chi connectivity index (χ0v) is 21.3. The molecule has 184 valence electrons. The Hall–Kier alpha value is -3.29. The number of aromatic nitrogens is 2. The minimum atomic E-state index is -2.42. The second-order valence-electron chi connectivity index (χ2n) is 10.1. The van der Waals surface area contributed by atoms with Gasteiger partial charge in [0.25, 0.3) is 11.3 Å². The van der Waals surface area contributed by atoms with Crippen molar-refractivity contribution in [2.75, 3.05) is 4.31 Å². The number of fused-ring (bicyclic) bond motifs is 1. The molecule has 36 heavy (non-hydrogen) atoms. The van der Waals surface area contributed by atoms with E-state index in [2.05, 4.69) is 35.8 Å². The van der Waals surface area contributed by atoms with Crippen LogP contribution in [0.2, 0.25) is 0 Å². The third kappa shape index (κ3) is 4.27. The quantitative estimate of drug-likeness (QED) is 0.311. The molecule has 0 spiro atoms. The molecule has 1 unspecified atom stereocenters. The van der Waals surface area contributed by atoms with Gasteiger partial charge in [-0.15, -0.1) is 0 Å². The minimum absolute atomic E-state index is 0.158. The Balaban J connectivity index is 1.34. The Morgan fingerprint density at radius 3 is 2.44 bits per heavy atom. The maximum Gasteiger partial charge on any atom is 0.268 e. The van der Waals surface area contributed by atoms with Gasteiger partial charge in [0.1, 0.15) is 5.65 Å². The molecule has 6 nitrogen and oxygen atoms in total. The number of pyridine rings is 1. The van der Waals surface area contributed by atoms with E-state index in [1.54, 1.807) is 12.1 Å². The highest BCUT2D eigenvalue weighted by Gasteiger charge is 2.37. The number of hydrogen-bond acceptors (Lipinski definition) is 3. The lowest BCUT2D eigenvalue weighted by Gasteiger charge is -2.21. The summed E-state index contributed by atoms with van der Waals surface area (Å²) in [6.45, 7) is 4.94. The zero-order chi connectivity index (χ0) is 25.0. The van der Waals surface area contributed by atoms with Crippen molar-refractivity contribution >= 4 is 33.9 Å². The molecule has 1 atom stereocenters. The van der Waals surface area contributed by atoms with E-state index in [1.807, 2.05) is 31.2 Å². The van der Waals surface area contributed by atoms with Gasteiger partial charge in [-0.25, -0.2) is 13.5 Å². The summed E-state index contributed by atoms with van der Waals surface area (Å²) < 4.78 is 25.5. The van der Waals surface area contributed by atoms with Crippen molar-refractivity contribution < 1.29 is 13.6 Å². The van der Waals surface area contributed by atoms with Gasteiger partial charge in [0.05, 0.1) is 5.69 Å². The summed E-state index contributed by atoms with van der Waals surface area (Å²) in [5.41, 5.74) is 7.98. The van der Waals surface area contributed by atoms with Gasteiger partial charge >= 0.3 is 0 Å². The van der Waals surface area contributed by atoms with Crippen LogP contribution >= 0.6 is 0 Å². The van der Waals surface area contributed by atoms with Crippen LogP contribution in [0.3, 0.4) is 0 Å². The molecule has 2 saturated carbocycles. The average molecular weight is 500 g/mol. The number of carbonyl (C=O) groups is 1. The fourth-order valence-corrected chi connectivity index (χ4v) is 5.72. The third-order valence-corrected chi connectivity index (χ3v) is 7.93. The Kier molecular flexibility index (Phi) is 5.77. The average Bonchev–Trinajstić information content (AvgIpc) is 3.78. The van der Waals surface area contributed by atoms with Gasteiger partial charge in [-0.1, -0.05) is 42.5 Å². The smallest absolute Gasteiger partial charge is 0.268 e. The number of rotatable bonds is 7. The summed E-state index contributed by atoms with van der Waals surface area (Å²) in [7, 11) is 0. The van der Waals surface area contributed by atoms with Crippen LogP contribution in [0.5, 0.6) is 0 Å². The molecular weight excluding hydrogens is 470 g/mol. The maximum absolute atomic E-state index is 12.8. The van der Waals surface area contributed by atoms with E-state index >= 15 is 0 Å². The summed E-state index contributed by atoms with van der Waals surface area (Å²) in [4.78, 5) is 17.7. The molecule has 4 aromatic rings. The van der Waals surface area contributed by atoms with E-state index in [4.69, 9.17) is 4.98 Å². The topological polar surface area (TPSA) is 75.4 Å². The van der Waals surface area contributed by atoms with Gasteiger partial charge in [-0.2, -0.15) is 0 Å². The molecule has 2 aliphatic carbocycles. The SMILES string of the molecule is Cc1cc(C)c2cc(C3CC3)n(Cc3ccc(-c4ccccc4N(C(=O)C4CC4)S(=O)O)cc3)c2n1. The molecule has 2 aromatic carbocycles. The maximum atomic E-state index is 12.8.